The number of hydrazine groups is 1. The van der Waals surface area contributed by atoms with Crippen LogP contribution in [0.1, 0.15) is 11.1 Å². The van der Waals surface area contributed by atoms with E-state index in [-0.39, 0.29) is 18.3 Å². The van der Waals surface area contributed by atoms with E-state index in [1.54, 1.807) is 24.3 Å². The van der Waals surface area contributed by atoms with Gasteiger partial charge in [-0.1, -0.05) is 42.5 Å². The highest BCUT2D eigenvalue weighted by molar-refractivity contribution is 5.25. The maximum Gasteiger partial charge on any atom is 0.115 e. The fraction of sp³-hybridized carbons (Fsp3) is 0.294. The standard InChI is InChI=1S/C17H23N3O2/c18-16(10-13-4-2-1-3-5-13)17(22)12-20(19)11-14-6-8-15(21)9-7-14/h1-9,16-17,21-22H,10-12,18-19H2. The molecule has 0 bridgehead atoms. The minimum atomic E-state index is -0.706. The minimum absolute atomic E-state index is 0.220. The maximum absolute atomic E-state index is 10.2. The summed E-state index contributed by atoms with van der Waals surface area (Å²) < 4.78 is 0. The molecule has 6 N–H and O–H groups in total. The second-order valence-corrected chi connectivity index (χ2v) is 5.52. The Morgan fingerprint density at radius 3 is 2.23 bits per heavy atom. The molecule has 2 aromatic carbocycles. The van der Waals surface area contributed by atoms with Gasteiger partial charge >= 0.3 is 0 Å². The summed E-state index contributed by atoms with van der Waals surface area (Å²) in [5.41, 5.74) is 8.10. The lowest BCUT2D eigenvalue weighted by Gasteiger charge is -2.24. The Balaban J connectivity index is 1.82. The van der Waals surface area contributed by atoms with Crippen molar-refractivity contribution < 1.29 is 10.2 Å². The van der Waals surface area contributed by atoms with E-state index < -0.39 is 6.10 Å². The van der Waals surface area contributed by atoms with E-state index in [2.05, 4.69) is 0 Å². The van der Waals surface area contributed by atoms with Crippen LogP contribution >= 0.6 is 0 Å². The molecule has 0 amide bonds. The monoisotopic (exact) mass is 301 g/mol. The second kappa shape index (κ2) is 7.91. The van der Waals surface area contributed by atoms with Gasteiger partial charge in [0, 0.05) is 19.1 Å². The van der Waals surface area contributed by atoms with E-state index >= 15 is 0 Å². The van der Waals surface area contributed by atoms with Gasteiger partial charge < -0.3 is 15.9 Å². The minimum Gasteiger partial charge on any atom is -0.508 e. The van der Waals surface area contributed by atoms with Crippen LogP contribution in [0, 0.1) is 0 Å². The van der Waals surface area contributed by atoms with Crippen molar-refractivity contribution in [2.24, 2.45) is 11.6 Å². The fourth-order valence-electron chi connectivity index (χ4n) is 2.30. The van der Waals surface area contributed by atoms with Crippen LogP contribution in [-0.4, -0.2) is 33.9 Å². The summed E-state index contributed by atoms with van der Waals surface area (Å²) in [6, 6.07) is 16.3. The molecule has 2 atom stereocenters. The number of phenolic OH excluding ortho intramolecular Hbond substituents is 1. The Morgan fingerprint density at radius 1 is 0.955 bits per heavy atom. The van der Waals surface area contributed by atoms with Crippen molar-refractivity contribution in [3.05, 3.63) is 65.7 Å². The van der Waals surface area contributed by atoms with Crippen LogP contribution in [0.3, 0.4) is 0 Å². The average Bonchev–Trinajstić information content (AvgIpc) is 2.50. The van der Waals surface area contributed by atoms with Gasteiger partial charge in [-0.05, 0) is 29.7 Å². The van der Waals surface area contributed by atoms with E-state index in [9.17, 15) is 10.2 Å². The highest BCUT2D eigenvalue weighted by Gasteiger charge is 2.17. The summed E-state index contributed by atoms with van der Waals surface area (Å²) in [4.78, 5) is 0. The summed E-state index contributed by atoms with van der Waals surface area (Å²) in [6.07, 6.45) is -0.1000. The van der Waals surface area contributed by atoms with Crippen LogP contribution in [-0.2, 0) is 13.0 Å². The van der Waals surface area contributed by atoms with Gasteiger partial charge in [0.15, 0.2) is 0 Å². The zero-order valence-corrected chi connectivity index (χ0v) is 12.5. The lowest BCUT2D eigenvalue weighted by molar-refractivity contribution is 0.0877. The number of phenols is 1. The van der Waals surface area contributed by atoms with Crippen LogP contribution in [0.5, 0.6) is 5.75 Å². The van der Waals surface area contributed by atoms with E-state index in [4.69, 9.17) is 11.6 Å². The second-order valence-electron chi connectivity index (χ2n) is 5.52. The van der Waals surface area contributed by atoms with Gasteiger partial charge in [-0.15, -0.1) is 0 Å². The molecule has 0 aliphatic carbocycles. The molecule has 0 fully saturated rings. The molecule has 2 aromatic rings. The van der Waals surface area contributed by atoms with Crippen molar-refractivity contribution in [2.45, 2.75) is 25.1 Å². The van der Waals surface area contributed by atoms with Gasteiger partial charge in [-0.3, -0.25) is 5.84 Å². The summed E-state index contributed by atoms with van der Waals surface area (Å²) in [6.45, 7) is 0.768. The first-order valence-electron chi connectivity index (χ1n) is 7.29. The highest BCUT2D eigenvalue weighted by Crippen LogP contribution is 2.11. The Morgan fingerprint density at radius 2 is 1.59 bits per heavy atom. The number of hydrogen-bond acceptors (Lipinski definition) is 5. The average molecular weight is 301 g/mol. The fourth-order valence-corrected chi connectivity index (χ4v) is 2.30. The smallest absolute Gasteiger partial charge is 0.115 e. The molecule has 118 valence electrons. The Labute approximate surface area is 130 Å². The molecule has 2 rings (SSSR count). The Hall–Kier alpha value is -1.92. The van der Waals surface area contributed by atoms with Gasteiger partial charge in [-0.25, -0.2) is 5.01 Å². The number of nitrogens with two attached hydrogens (primary N) is 2. The lowest BCUT2D eigenvalue weighted by Crippen LogP contribution is -2.46. The Kier molecular flexibility index (Phi) is 5.91. The molecular formula is C17H23N3O2. The van der Waals surface area contributed by atoms with E-state index in [1.807, 2.05) is 30.3 Å². The molecule has 0 spiro atoms. The number of hydrogen-bond donors (Lipinski definition) is 4. The normalized spacial score (nSPS) is 14.0. The molecule has 0 heterocycles. The van der Waals surface area contributed by atoms with E-state index in [0.29, 0.717) is 13.0 Å². The zero-order chi connectivity index (χ0) is 15.9. The summed E-state index contributed by atoms with van der Waals surface area (Å²) in [7, 11) is 0. The predicted octanol–water partition coefficient (Wildman–Crippen LogP) is 0.999. The maximum atomic E-state index is 10.2. The van der Waals surface area contributed by atoms with Crippen LogP contribution in [0.4, 0.5) is 0 Å². The van der Waals surface area contributed by atoms with Gasteiger partial charge in [0.1, 0.15) is 5.75 Å². The third kappa shape index (κ3) is 5.13. The van der Waals surface area contributed by atoms with Gasteiger partial charge in [-0.2, -0.15) is 0 Å². The molecule has 5 nitrogen and oxygen atoms in total. The quantitative estimate of drug-likeness (QED) is 0.452. The van der Waals surface area contributed by atoms with Crippen molar-refractivity contribution in [1.82, 2.24) is 5.01 Å². The number of rotatable bonds is 7. The third-order valence-electron chi connectivity index (χ3n) is 3.55. The van der Waals surface area contributed by atoms with Crippen molar-refractivity contribution >= 4 is 0 Å². The molecule has 0 saturated heterocycles. The van der Waals surface area contributed by atoms with Crippen LogP contribution in [0.2, 0.25) is 0 Å². The molecule has 0 aliphatic heterocycles. The molecule has 0 saturated carbocycles. The number of benzene rings is 2. The molecule has 0 aromatic heterocycles. The molecule has 0 radical (unpaired) electrons. The number of aliphatic hydroxyl groups is 1. The lowest BCUT2D eigenvalue weighted by atomic mass is 10.0. The number of aliphatic hydroxyl groups excluding tert-OH is 1. The SMILES string of the molecule is NC(Cc1ccccc1)C(O)CN(N)Cc1ccc(O)cc1. The van der Waals surface area contributed by atoms with Crippen molar-refractivity contribution in [2.75, 3.05) is 6.54 Å². The van der Waals surface area contributed by atoms with E-state index in [0.717, 1.165) is 11.1 Å². The van der Waals surface area contributed by atoms with Crippen LogP contribution < -0.4 is 11.6 Å². The molecule has 5 heteroatoms. The molecule has 2 unspecified atom stereocenters. The first kappa shape index (κ1) is 16.5. The molecular weight excluding hydrogens is 278 g/mol. The van der Waals surface area contributed by atoms with Crippen molar-refractivity contribution in [1.29, 1.82) is 0 Å². The summed E-state index contributed by atoms with van der Waals surface area (Å²) in [5.74, 6) is 6.15. The summed E-state index contributed by atoms with van der Waals surface area (Å²) >= 11 is 0. The van der Waals surface area contributed by atoms with Gasteiger partial charge in [0.25, 0.3) is 0 Å². The first-order chi connectivity index (χ1) is 10.5. The molecule has 22 heavy (non-hydrogen) atoms. The Bertz CT molecular complexity index is 560. The third-order valence-corrected chi connectivity index (χ3v) is 3.55. The predicted molar refractivity (Wildman–Crippen MR) is 86.8 cm³/mol. The zero-order valence-electron chi connectivity index (χ0n) is 12.5. The molecule has 0 aliphatic rings. The van der Waals surface area contributed by atoms with E-state index in [1.165, 1.54) is 5.01 Å². The van der Waals surface area contributed by atoms with Crippen molar-refractivity contribution in [3.63, 3.8) is 0 Å². The topological polar surface area (TPSA) is 95.7 Å². The van der Waals surface area contributed by atoms with Crippen molar-refractivity contribution in [3.8, 4) is 5.75 Å². The summed E-state index contributed by atoms with van der Waals surface area (Å²) in [5, 5.41) is 21.0. The van der Waals surface area contributed by atoms with Gasteiger partial charge in [0.05, 0.1) is 6.10 Å². The van der Waals surface area contributed by atoms with Gasteiger partial charge in [0.2, 0.25) is 0 Å². The van der Waals surface area contributed by atoms with Crippen LogP contribution in [0.25, 0.3) is 0 Å². The number of nitrogens with zero attached hydrogens (tertiary/aromatic N) is 1. The first-order valence-corrected chi connectivity index (χ1v) is 7.29. The van der Waals surface area contributed by atoms with Crippen LogP contribution in [0.15, 0.2) is 54.6 Å². The number of aromatic hydroxyl groups is 1. The largest absolute Gasteiger partial charge is 0.508 e. The highest BCUT2D eigenvalue weighted by atomic mass is 16.3.